The molecular weight excluding hydrogens is 242 g/mol. The van der Waals surface area contributed by atoms with Crippen molar-refractivity contribution >= 4 is 17.5 Å². The van der Waals surface area contributed by atoms with Gasteiger partial charge in [-0.25, -0.2) is 0 Å². The van der Waals surface area contributed by atoms with Crippen molar-refractivity contribution in [3.63, 3.8) is 0 Å². The first-order valence-corrected chi connectivity index (χ1v) is 6.39. The highest BCUT2D eigenvalue weighted by atomic mass is 16.5. The van der Waals surface area contributed by atoms with Crippen LogP contribution >= 0.6 is 0 Å². The summed E-state index contributed by atoms with van der Waals surface area (Å²) in [4.78, 5) is 26.0. The van der Waals surface area contributed by atoms with E-state index in [0.29, 0.717) is 24.3 Å². The summed E-state index contributed by atoms with van der Waals surface area (Å²) < 4.78 is 5.08. The predicted molar refractivity (Wildman–Crippen MR) is 70.8 cm³/mol. The van der Waals surface area contributed by atoms with E-state index in [-0.39, 0.29) is 23.7 Å². The first kappa shape index (κ1) is 12.0. The minimum absolute atomic E-state index is 0.0792. The van der Waals surface area contributed by atoms with E-state index in [9.17, 15) is 9.59 Å². The Labute approximate surface area is 111 Å². The Bertz CT molecular complexity index is 521. The number of ether oxygens (including phenoxy) is 1. The fourth-order valence-electron chi connectivity index (χ4n) is 2.79. The Morgan fingerprint density at radius 1 is 1.00 bits per heavy atom. The zero-order chi connectivity index (χ0) is 13.4. The van der Waals surface area contributed by atoms with Crippen molar-refractivity contribution < 1.29 is 14.3 Å². The molecule has 0 saturated carbocycles. The lowest BCUT2D eigenvalue weighted by Crippen LogP contribution is -2.30. The van der Waals surface area contributed by atoms with Crippen molar-refractivity contribution in [1.82, 2.24) is 0 Å². The molecule has 2 aliphatic rings. The molecule has 1 heterocycles. The number of amides is 2. The fourth-order valence-corrected chi connectivity index (χ4v) is 2.79. The lowest BCUT2D eigenvalue weighted by molar-refractivity contribution is -0.122. The summed E-state index contributed by atoms with van der Waals surface area (Å²) in [6.45, 7) is 0. The molecule has 0 spiro atoms. The molecule has 98 valence electrons. The average Bonchev–Trinajstić information content (AvgIpc) is 2.72. The van der Waals surface area contributed by atoms with Gasteiger partial charge in [0.05, 0.1) is 24.6 Å². The van der Waals surface area contributed by atoms with Crippen LogP contribution in [0.5, 0.6) is 5.75 Å². The van der Waals surface area contributed by atoms with E-state index in [4.69, 9.17) is 4.74 Å². The lowest BCUT2D eigenvalue weighted by atomic mass is 9.85. The summed E-state index contributed by atoms with van der Waals surface area (Å²) in [5.74, 6) is 0.190. The van der Waals surface area contributed by atoms with E-state index in [2.05, 4.69) is 0 Å². The highest BCUT2D eigenvalue weighted by Crippen LogP contribution is 2.37. The Morgan fingerprint density at radius 3 is 2.00 bits per heavy atom. The van der Waals surface area contributed by atoms with Crippen LogP contribution in [-0.4, -0.2) is 18.9 Å². The zero-order valence-corrected chi connectivity index (χ0v) is 10.7. The molecule has 2 atom stereocenters. The van der Waals surface area contributed by atoms with Gasteiger partial charge < -0.3 is 4.74 Å². The molecule has 1 aromatic rings. The van der Waals surface area contributed by atoms with Crippen LogP contribution in [0.3, 0.4) is 0 Å². The highest BCUT2D eigenvalue weighted by Gasteiger charge is 2.47. The number of nitrogens with zero attached hydrogens (tertiary/aromatic N) is 1. The van der Waals surface area contributed by atoms with Crippen molar-refractivity contribution in [3.05, 3.63) is 36.4 Å². The smallest absolute Gasteiger partial charge is 0.238 e. The Balaban J connectivity index is 1.92. The van der Waals surface area contributed by atoms with E-state index < -0.39 is 0 Å². The largest absolute Gasteiger partial charge is 0.497 e. The average molecular weight is 257 g/mol. The topological polar surface area (TPSA) is 46.6 Å². The van der Waals surface area contributed by atoms with Crippen LogP contribution in [-0.2, 0) is 9.59 Å². The van der Waals surface area contributed by atoms with Crippen molar-refractivity contribution in [1.29, 1.82) is 0 Å². The maximum absolute atomic E-state index is 12.3. The molecule has 1 aromatic carbocycles. The summed E-state index contributed by atoms with van der Waals surface area (Å²) in [6.07, 6.45) is 5.32. The molecule has 2 unspecified atom stereocenters. The third-order valence-corrected chi connectivity index (χ3v) is 3.84. The number of fused-ring (bicyclic) bond motifs is 1. The standard InChI is InChI=1S/C15H15NO3/c1-19-11-8-6-10(7-9-11)16-14(17)12-4-2-3-5-13(12)15(16)18/h2-3,6-9,12-13H,4-5H2,1H3. The quantitative estimate of drug-likeness (QED) is 0.602. The number of methoxy groups -OCH3 is 1. The summed E-state index contributed by atoms with van der Waals surface area (Å²) in [6, 6.07) is 7.02. The number of imide groups is 1. The highest BCUT2D eigenvalue weighted by molar-refractivity contribution is 6.22. The first-order valence-electron chi connectivity index (χ1n) is 6.39. The first-order chi connectivity index (χ1) is 9.22. The van der Waals surface area contributed by atoms with Gasteiger partial charge in [-0.2, -0.15) is 0 Å². The van der Waals surface area contributed by atoms with E-state index in [1.165, 1.54) is 4.90 Å². The van der Waals surface area contributed by atoms with Gasteiger partial charge in [0.25, 0.3) is 0 Å². The number of carbonyl (C=O) groups is 2. The lowest BCUT2D eigenvalue weighted by Gasteiger charge is -2.15. The molecule has 4 nitrogen and oxygen atoms in total. The van der Waals surface area contributed by atoms with Crippen molar-refractivity contribution in [3.8, 4) is 5.75 Å². The van der Waals surface area contributed by atoms with Gasteiger partial charge in [0.2, 0.25) is 11.8 Å². The van der Waals surface area contributed by atoms with E-state index in [0.717, 1.165) is 0 Å². The zero-order valence-electron chi connectivity index (χ0n) is 10.7. The molecule has 19 heavy (non-hydrogen) atoms. The van der Waals surface area contributed by atoms with Gasteiger partial charge in [-0.05, 0) is 37.1 Å². The van der Waals surface area contributed by atoms with E-state index in [1.54, 1.807) is 31.4 Å². The van der Waals surface area contributed by atoms with Gasteiger partial charge in [-0.1, -0.05) is 12.2 Å². The molecule has 1 saturated heterocycles. The molecule has 1 aliphatic heterocycles. The van der Waals surface area contributed by atoms with Crippen LogP contribution in [0.1, 0.15) is 12.8 Å². The summed E-state index contributed by atoms with van der Waals surface area (Å²) in [5.41, 5.74) is 0.630. The molecule has 1 aliphatic carbocycles. The van der Waals surface area contributed by atoms with Gasteiger partial charge in [-0.3, -0.25) is 14.5 Å². The van der Waals surface area contributed by atoms with E-state index in [1.807, 2.05) is 12.2 Å². The Hall–Kier alpha value is -2.10. The third-order valence-electron chi connectivity index (χ3n) is 3.84. The molecule has 3 rings (SSSR count). The van der Waals surface area contributed by atoms with Crippen molar-refractivity contribution in [2.24, 2.45) is 11.8 Å². The van der Waals surface area contributed by atoms with Gasteiger partial charge in [0.1, 0.15) is 5.75 Å². The minimum atomic E-state index is -0.181. The number of rotatable bonds is 2. The maximum Gasteiger partial charge on any atom is 0.238 e. The fraction of sp³-hybridized carbons (Fsp3) is 0.333. The predicted octanol–water partition coefficient (Wildman–Crippen LogP) is 2.15. The van der Waals surface area contributed by atoms with Gasteiger partial charge in [0, 0.05) is 0 Å². The van der Waals surface area contributed by atoms with Crippen LogP contribution in [0.4, 0.5) is 5.69 Å². The second-order valence-electron chi connectivity index (χ2n) is 4.87. The Kier molecular flexibility index (Phi) is 2.85. The number of anilines is 1. The van der Waals surface area contributed by atoms with Crippen LogP contribution < -0.4 is 9.64 Å². The van der Waals surface area contributed by atoms with Gasteiger partial charge >= 0.3 is 0 Å². The monoisotopic (exact) mass is 257 g/mol. The maximum atomic E-state index is 12.3. The molecule has 2 amide bonds. The van der Waals surface area contributed by atoms with Crippen LogP contribution in [0.25, 0.3) is 0 Å². The summed E-state index contributed by atoms with van der Waals surface area (Å²) in [7, 11) is 1.58. The number of allylic oxidation sites excluding steroid dienone is 2. The summed E-state index contributed by atoms with van der Waals surface area (Å²) in [5, 5.41) is 0. The minimum Gasteiger partial charge on any atom is -0.497 e. The van der Waals surface area contributed by atoms with Crippen LogP contribution in [0.2, 0.25) is 0 Å². The van der Waals surface area contributed by atoms with Crippen LogP contribution in [0, 0.1) is 11.8 Å². The molecule has 4 heteroatoms. The second kappa shape index (κ2) is 4.53. The third kappa shape index (κ3) is 1.84. The molecule has 0 N–H and O–H groups in total. The van der Waals surface area contributed by atoms with E-state index >= 15 is 0 Å². The summed E-state index contributed by atoms with van der Waals surface area (Å²) >= 11 is 0. The molecule has 0 aromatic heterocycles. The number of carbonyl (C=O) groups excluding carboxylic acids is 2. The number of hydrogen-bond acceptors (Lipinski definition) is 3. The molecule has 1 fully saturated rings. The van der Waals surface area contributed by atoms with Gasteiger partial charge in [0.15, 0.2) is 0 Å². The van der Waals surface area contributed by atoms with Crippen molar-refractivity contribution in [2.75, 3.05) is 12.0 Å². The number of benzene rings is 1. The molecule has 0 radical (unpaired) electrons. The normalized spacial score (nSPS) is 25.6. The van der Waals surface area contributed by atoms with Gasteiger partial charge in [-0.15, -0.1) is 0 Å². The van der Waals surface area contributed by atoms with Crippen molar-refractivity contribution in [2.45, 2.75) is 12.8 Å². The van der Waals surface area contributed by atoms with Crippen LogP contribution in [0.15, 0.2) is 36.4 Å². The number of hydrogen-bond donors (Lipinski definition) is 0. The molecular formula is C15H15NO3. The molecule has 0 bridgehead atoms. The second-order valence-corrected chi connectivity index (χ2v) is 4.87. The SMILES string of the molecule is COc1ccc(N2C(=O)C3CC=CCC3C2=O)cc1. The Morgan fingerprint density at radius 2 is 1.53 bits per heavy atom.